The Kier molecular flexibility index (Phi) is 6.37. The normalized spacial score (nSPS) is 12.2. The van der Waals surface area contributed by atoms with Gasteiger partial charge in [-0.1, -0.05) is 32.6 Å². The summed E-state index contributed by atoms with van der Waals surface area (Å²) in [7, 11) is 1.61. The second-order valence-corrected chi connectivity index (χ2v) is 4.34. The van der Waals surface area contributed by atoms with Crippen molar-refractivity contribution < 1.29 is 4.74 Å². The molecule has 1 aromatic heterocycles. The van der Waals surface area contributed by atoms with E-state index in [1.165, 1.54) is 38.4 Å². The lowest BCUT2D eigenvalue weighted by Crippen LogP contribution is -2.15. The molecule has 0 spiro atoms. The van der Waals surface area contributed by atoms with Crippen molar-refractivity contribution in [3.63, 3.8) is 0 Å². The number of nitrogens with zero attached hydrogens (tertiary/aromatic N) is 2. The van der Waals surface area contributed by atoms with E-state index in [1.54, 1.807) is 7.11 Å². The van der Waals surface area contributed by atoms with E-state index < -0.39 is 0 Å². The van der Waals surface area contributed by atoms with Gasteiger partial charge >= 0.3 is 0 Å². The molecule has 1 atom stereocenters. The van der Waals surface area contributed by atoms with Crippen LogP contribution < -0.4 is 10.1 Å². The minimum atomic E-state index is 0.437. The van der Waals surface area contributed by atoms with E-state index in [9.17, 15) is 0 Å². The molecule has 4 nitrogen and oxygen atoms in total. The third-order valence-electron chi connectivity index (χ3n) is 2.74. The molecule has 0 fully saturated rings. The molecule has 0 aliphatic heterocycles. The molecule has 0 bridgehead atoms. The number of rotatable bonds is 8. The fourth-order valence-electron chi connectivity index (χ4n) is 1.73. The van der Waals surface area contributed by atoms with E-state index in [4.69, 9.17) is 4.74 Å². The maximum absolute atomic E-state index is 5.06. The van der Waals surface area contributed by atoms with E-state index >= 15 is 0 Å². The van der Waals surface area contributed by atoms with Gasteiger partial charge in [-0.15, -0.1) is 0 Å². The quantitative estimate of drug-likeness (QED) is 0.705. The van der Waals surface area contributed by atoms with Crippen molar-refractivity contribution in [3.05, 3.63) is 12.4 Å². The molecule has 1 heterocycles. The van der Waals surface area contributed by atoms with E-state index in [2.05, 4.69) is 29.1 Å². The minimum Gasteiger partial charge on any atom is -0.481 e. The first-order chi connectivity index (χ1) is 8.26. The number of anilines is 1. The molecule has 1 rings (SSSR count). The second-order valence-electron chi connectivity index (χ2n) is 4.34. The lowest BCUT2D eigenvalue weighted by atomic mass is 10.1. The third-order valence-corrected chi connectivity index (χ3v) is 2.74. The maximum Gasteiger partial charge on any atom is 0.218 e. The van der Waals surface area contributed by atoms with Gasteiger partial charge in [0.05, 0.1) is 7.11 Å². The molecule has 0 saturated carbocycles. The van der Waals surface area contributed by atoms with Crippen LogP contribution in [0.3, 0.4) is 0 Å². The second kappa shape index (κ2) is 7.87. The molecule has 0 aliphatic carbocycles. The Labute approximate surface area is 104 Å². The summed E-state index contributed by atoms with van der Waals surface area (Å²) < 4.78 is 5.06. The van der Waals surface area contributed by atoms with Crippen molar-refractivity contribution in [1.29, 1.82) is 0 Å². The van der Waals surface area contributed by atoms with Gasteiger partial charge in [0, 0.05) is 12.1 Å². The highest BCUT2D eigenvalue weighted by atomic mass is 16.5. The summed E-state index contributed by atoms with van der Waals surface area (Å²) in [6, 6.07) is 2.26. The molecule has 0 aromatic carbocycles. The summed E-state index contributed by atoms with van der Waals surface area (Å²) in [5, 5.41) is 3.36. The van der Waals surface area contributed by atoms with Crippen molar-refractivity contribution in [3.8, 4) is 5.88 Å². The first-order valence-corrected chi connectivity index (χ1v) is 6.38. The lowest BCUT2D eigenvalue weighted by molar-refractivity contribution is 0.397. The van der Waals surface area contributed by atoms with E-state index in [-0.39, 0.29) is 0 Å². The van der Waals surface area contributed by atoms with Crippen molar-refractivity contribution >= 4 is 5.82 Å². The Hall–Kier alpha value is -1.32. The van der Waals surface area contributed by atoms with Gasteiger partial charge in [0.25, 0.3) is 0 Å². The van der Waals surface area contributed by atoms with Crippen LogP contribution in [0.1, 0.15) is 46.0 Å². The van der Waals surface area contributed by atoms with Crippen molar-refractivity contribution in [2.75, 3.05) is 12.4 Å². The van der Waals surface area contributed by atoms with Crippen LogP contribution in [0, 0.1) is 0 Å². The summed E-state index contributed by atoms with van der Waals surface area (Å²) in [5.41, 5.74) is 0. The first kappa shape index (κ1) is 13.7. The predicted molar refractivity (Wildman–Crippen MR) is 70.4 cm³/mol. The molecule has 0 radical (unpaired) electrons. The van der Waals surface area contributed by atoms with Crippen LogP contribution in [0.4, 0.5) is 5.82 Å². The Bertz CT molecular complexity index is 317. The maximum atomic E-state index is 5.06. The van der Waals surface area contributed by atoms with Crippen LogP contribution in [0.15, 0.2) is 12.4 Å². The molecule has 96 valence electrons. The zero-order valence-electron chi connectivity index (χ0n) is 11.1. The first-order valence-electron chi connectivity index (χ1n) is 6.38. The van der Waals surface area contributed by atoms with Gasteiger partial charge in [0.2, 0.25) is 5.88 Å². The molecular formula is C13H23N3O. The number of nitrogens with one attached hydrogen (secondary N) is 1. The number of methoxy groups -OCH3 is 1. The molecule has 1 aromatic rings. The molecule has 1 unspecified atom stereocenters. The molecule has 4 heteroatoms. The van der Waals surface area contributed by atoms with E-state index in [0.717, 1.165) is 5.82 Å². The highest BCUT2D eigenvalue weighted by Gasteiger charge is 2.04. The number of ether oxygens (including phenoxy) is 1. The van der Waals surface area contributed by atoms with Crippen LogP contribution in [-0.4, -0.2) is 23.1 Å². The van der Waals surface area contributed by atoms with Crippen LogP contribution in [0.5, 0.6) is 5.88 Å². The van der Waals surface area contributed by atoms with E-state index in [1.807, 2.05) is 6.07 Å². The highest BCUT2D eigenvalue weighted by Crippen LogP contribution is 2.13. The molecule has 0 aliphatic rings. The van der Waals surface area contributed by atoms with Crippen molar-refractivity contribution in [2.24, 2.45) is 0 Å². The molecule has 0 amide bonds. The number of aromatic nitrogens is 2. The Balaban J connectivity index is 2.31. The zero-order valence-corrected chi connectivity index (χ0v) is 11.1. The molecule has 0 saturated heterocycles. The summed E-state index contributed by atoms with van der Waals surface area (Å²) in [4.78, 5) is 8.15. The van der Waals surface area contributed by atoms with Gasteiger partial charge in [0.1, 0.15) is 12.1 Å². The van der Waals surface area contributed by atoms with Gasteiger partial charge in [-0.05, 0) is 13.3 Å². The topological polar surface area (TPSA) is 47.0 Å². The summed E-state index contributed by atoms with van der Waals surface area (Å²) in [5.74, 6) is 1.43. The fraction of sp³-hybridized carbons (Fsp3) is 0.692. The van der Waals surface area contributed by atoms with Crippen LogP contribution in [0.2, 0.25) is 0 Å². The SMILES string of the molecule is CCCCCCC(C)Nc1cc(OC)ncn1. The summed E-state index contributed by atoms with van der Waals surface area (Å²) in [6.07, 6.45) is 7.89. The number of hydrogen-bond donors (Lipinski definition) is 1. The van der Waals surface area contributed by atoms with Crippen molar-refractivity contribution in [1.82, 2.24) is 9.97 Å². The largest absolute Gasteiger partial charge is 0.481 e. The summed E-state index contributed by atoms with van der Waals surface area (Å²) in [6.45, 7) is 4.41. The van der Waals surface area contributed by atoms with Crippen LogP contribution in [-0.2, 0) is 0 Å². The average molecular weight is 237 g/mol. The van der Waals surface area contributed by atoms with Gasteiger partial charge in [-0.3, -0.25) is 0 Å². The molecular weight excluding hydrogens is 214 g/mol. The van der Waals surface area contributed by atoms with Crippen LogP contribution in [0.25, 0.3) is 0 Å². The predicted octanol–water partition coefficient (Wildman–Crippen LogP) is 3.26. The van der Waals surface area contributed by atoms with Crippen LogP contribution >= 0.6 is 0 Å². The van der Waals surface area contributed by atoms with Gasteiger partial charge in [-0.2, -0.15) is 0 Å². The number of unbranched alkanes of at least 4 members (excludes halogenated alkanes) is 3. The Morgan fingerprint density at radius 3 is 2.82 bits per heavy atom. The minimum absolute atomic E-state index is 0.437. The smallest absolute Gasteiger partial charge is 0.218 e. The van der Waals surface area contributed by atoms with E-state index in [0.29, 0.717) is 11.9 Å². The molecule has 1 N–H and O–H groups in total. The highest BCUT2D eigenvalue weighted by molar-refractivity contribution is 5.37. The fourth-order valence-corrected chi connectivity index (χ4v) is 1.73. The van der Waals surface area contributed by atoms with Gasteiger partial charge in [0.15, 0.2) is 0 Å². The molecule has 17 heavy (non-hydrogen) atoms. The Morgan fingerprint density at radius 2 is 2.12 bits per heavy atom. The third kappa shape index (κ3) is 5.52. The lowest BCUT2D eigenvalue weighted by Gasteiger charge is -2.14. The monoisotopic (exact) mass is 237 g/mol. The standard InChI is InChI=1S/C13H23N3O/c1-4-5-6-7-8-11(2)16-12-9-13(17-3)15-10-14-12/h9-11H,4-8H2,1-3H3,(H,14,15,16). The van der Waals surface area contributed by atoms with Gasteiger partial charge in [-0.25, -0.2) is 9.97 Å². The Morgan fingerprint density at radius 1 is 1.29 bits per heavy atom. The summed E-state index contributed by atoms with van der Waals surface area (Å²) >= 11 is 0. The average Bonchev–Trinajstić information content (AvgIpc) is 2.35. The van der Waals surface area contributed by atoms with Crippen molar-refractivity contribution in [2.45, 2.75) is 52.0 Å². The van der Waals surface area contributed by atoms with Gasteiger partial charge < -0.3 is 10.1 Å². The zero-order chi connectivity index (χ0) is 12.5. The number of hydrogen-bond acceptors (Lipinski definition) is 4.